The molecule has 0 aromatic carbocycles. The zero-order valence-electron chi connectivity index (χ0n) is 8.12. The second kappa shape index (κ2) is 5.34. The van der Waals surface area contributed by atoms with Crippen LogP contribution in [0.25, 0.3) is 0 Å². The van der Waals surface area contributed by atoms with E-state index in [1.165, 1.54) is 6.20 Å². The predicted molar refractivity (Wildman–Crippen MR) is 56.5 cm³/mol. The van der Waals surface area contributed by atoms with Gasteiger partial charge in [-0.05, 0) is 15.9 Å². The number of hydrogen-bond donors (Lipinski definition) is 1. The largest absolute Gasteiger partial charge is 0.481 e. The number of aromatic nitrogens is 1. The Bertz CT molecular complexity index is 489. The lowest BCUT2D eigenvalue weighted by Gasteiger charge is -2.02. The lowest BCUT2D eigenvalue weighted by molar-refractivity contribution is -0.386. The summed E-state index contributed by atoms with van der Waals surface area (Å²) in [6.07, 6.45) is 0.297. The average Bonchev–Trinajstić information content (AvgIpc) is 2.19. The fourth-order valence-electron chi connectivity index (χ4n) is 0.893. The molecule has 0 unspecified atom stereocenters. The summed E-state index contributed by atoms with van der Waals surface area (Å²) in [6.45, 7) is 0. The normalized spacial score (nSPS) is 9.71. The summed E-state index contributed by atoms with van der Waals surface area (Å²) >= 11 is 2.97. The summed E-state index contributed by atoms with van der Waals surface area (Å²) < 4.78 is 4.81. The van der Waals surface area contributed by atoms with Gasteiger partial charge < -0.3 is 9.84 Å². The minimum Gasteiger partial charge on any atom is -0.481 e. The molecule has 0 aliphatic heterocycles. The van der Waals surface area contributed by atoms with E-state index < -0.39 is 34.9 Å². The first-order chi connectivity index (χ1) is 7.90. The first-order valence-corrected chi connectivity index (χ1v) is 4.92. The van der Waals surface area contributed by atoms with Crippen molar-refractivity contribution in [1.82, 2.24) is 4.98 Å². The number of nitro groups is 1. The van der Waals surface area contributed by atoms with Crippen molar-refractivity contribution in [2.24, 2.45) is 0 Å². The van der Waals surface area contributed by atoms with Gasteiger partial charge in [0, 0.05) is 16.7 Å². The molecule has 0 saturated heterocycles. The number of carboxylic acid groups (broad SMARTS) is 1. The molecule has 0 bridgehead atoms. The number of hydrogen-bond acceptors (Lipinski definition) is 6. The number of carbonyl (C=O) groups is 2. The molecule has 0 amide bonds. The molecule has 1 aromatic heterocycles. The molecule has 17 heavy (non-hydrogen) atoms. The van der Waals surface area contributed by atoms with Crippen LogP contribution in [0.2, 0.25) is 0 Å². The second-order valence-electron chi connectivity index (χ2n) is 2.78. The molecule has 0 spiro atoms. The Hall–Kier alpha value is -2.03. The Morgan fingerprint density at radius 1 is 1.59 bits per heavy atom. The van der Waals surface area contributed by atoms with E-state index in [1.54, 1.807) is 0 Å². The van der Waals surface area contributed by atoms with E-state index in [2.05, 4.69) is 25.7 Å². The average molecular weight is 305 g/mol. The van der Waals surface area contributed by atoms with Crippen molar-refractivity contribution in [2.45, 2.75) is 6.42 Å². The number of nitrogens with zero attached hydrogens (tertiary/aromatic N) is 2. The summed E-state index contributed by atoms with van der Waals surface area (Å²) in [5.41, 5.74) is -0.530. The van der Waals surface area contributed by atoms with Gasteiger partial charge in [-0.15, -0.1) is 0 Å². The van der Waals surface area contributed by atoms with Crippen LogP contribution in [0.4, 0.5) is 5.69 Å². The van der Waals surface area contributed by atoms with Crippen molar-refractivity contribution in [3.05, 3.63) is 26.9 Å². The van der Waals surface area contributed by atoms with Crippen LogP contribution in [0.1, 0.15) is 6.42 Å². The molecule has 0 radical (unpaired) electrons. The van der Waals surface area contributed by atoms with Crippen LogP contribution in [0, 0.1) is 10.1 Å². The minimum atomic E-state index is -1.39. The van der Waals surface area contributed by atoms with E-state index in [0.29, 0.717) is 4.47 Å². The molecule has 9 heteroatoms. The van der Waals surface area contributed by atoms with Gasteiger partial charge in [0.2, 0.25) is 0 Å². The third-order valence-electron chi connectivity index (χ3n) is 1.50. The van der Waals surface area contributed by atoms with Gasteiger partial charge in [0.25, 0.3) is 0 Å². The lowest BCUT2D eigenvalue weighted by atomic mass is 10.4. The van der Waals surface area contributed by atoms with Crippen molar-refractivity contribution in [1.29, 1.82) is 0 Å². The van der Waals surface area contributed by atoms with Gasteiger partial charge in [-0.2, -0.15) is 0 Å². The molecule has 0 aliphatic rings. The van der Waals surface area contributed by atoms with E-state index in [-0.39, 0.29) is 0 Å². The van der Waals surface area contributed by atoms with Crippen molar-refractivity contribution >= 4 is 33.6 Å². The Kier molecular flexibility index (Phi) is 4.10. The van der Waals surface area contributed by atoms with Gasteiger partial charge >= 0.3 is 23.5 Å². The van der Waals surface area contributed by atoms with Crippen molar-refractivity contribution in [2.75, 3.05) is 0 Å². The highest BCUT2D eigenvalue weighted by Crippen LogP contribution is 2.27. The van der Waals surface area contributed by atoms with Crippen LogP contribution >= 0.6 is 15.9 Å². The van der Waals surface area contributed by atoms with E-state index >= 15 is 0 Å². The highest BCUT2D eigenvalue weighted by atomic mass is 79.9. The van der Waals surface area contributed by atoms with E-state index in [9.17, 15) is 19.7 Å². The molecule has 0 aliphatic carbocycles. The van der Waals surface area contributed by atoms with Gasteiger partial charge in [-0.1, -0.05) is 0 Å². The smallest absolute Gasteiger partial charge is 0.332 e. The van der Waals surface area contributed by atoms with Crippen molar-refractivity contribution in [3.63, 3.8) is 0 Å². The summed E-state index contributed by atoms with van der Waals surface area (Å²) in [5, 5.41) is 18.9. The fraction of sp³-hybridized carbons (Fsp3) is 0.125. The van der Waals surface area contributed by atoms with Crippen LogP contribution in [-0.2, 0) is 9.59 Å². The molecular weight excluding hydrogens is 300 g/mol. The number of carboxylic acids is 1. The number of halogens is 1. The quantitative estimate of drug-likeness (QED) is 0.383. The zero-order chi connectivity index (χ0) is 13.0. The van der Waals surface area contributed by atoms with E-state index in [1.807, 2.05) is 0 Å². The van der Waals surface area contributed by atoms with Crippen molar-refractivity contribution < 1.29 is 24.4 Å². The number of pyridine rings is 1. The molecule has 1 N–H and O–H groups in total. The summed E-state index contributed by atoms with van der Waals surface area (Å²) in [7, 11) is 0. The van der Waals surface area contributed by atoms with Gasteiger partial charge in [0.05, 0.1) is 4.92 Å². The SMILES string of the molecule is O=C(O)CC(=O)Oc1ncc(Br)cc1[N+](=O)[O-]. The van der Waals surface area contributed by atoms with Gasteiger partial charge in [-0.3, -0.25) is 19.7 Å². The van der Waals surface area contributed by atoms with Gasteiger partial charge in [-0.25, -0.2) is 4.98 Å². The van der Waals surface area contributed by atoms with Crippen LogP contribution in [0.3, 0.4) is 0 Å². The molecule has 1 rings (SSSR count). The van der Waals surface area contributed by atoms with Crippen LogP contribution in [0.5, 0.6) is 5.88 Å². The maximum atomic E-state index is 11.0. The summed E-state index contributed by atoms with van der Waals surface area (Å²) in [6, 6.07) is 1.09. The molecule has 0 atom stereocenters. The van der Waals surface area contributed by atoms with E-state index in [0.717, 1.165) is 6.07 Å². The van der Waals surface area contributed by atoms with E-state index in [4.69, 9.17) is 5.11 Å². The van der Waals surface area contributed by atoms with Gasteiger partial charge in [0.1, 0.15) is 6.42 Å². The molecule has 1 heterocycles. The molecule has 90 valence electrons. The number of aliphatic carboxylic acids is 1. The molecular formula is C8H5BrN2O6. The zero-order valence-corrected chi connectivity index (χ0v) is 9.71. The first-order valence-electron chi connectivity index (χ1n) is 4.12. The second-order valence-corrected chi connectivity index (χ2v) is 3.70. The number of carbonyl (C=O) groups excluding carboxylic acids is 1. The number of rotatable bonds is 4. The Morgan fingerprint density at radius 3 is 2.76 bits per heavy atom. The van der Waals surface area contributed by atoms with Crippen LogP contribution < -0.4 is 4.74 Å². The minimum absolute atomic E-state index is 0.335. The predicted octanol–water partition coefficient (Wildman–Crippen LogP) is 1.13. The first kappa shape index (κ1) is 13.0. The van der Waals surface area contributed by atoms with Crippen LogP contribution in [0.15, 0.2) is 16.7 Å². The molecule has 0 saturated carbocycles. The monoisotopic (exact) mass is 304 g/mol. The summed E-state index contributed by atoms with van der Waals surface area (Å²) in [5.74, 6) is -3.06. The topological polar surface area (TPSA) is 120 Å². The standard InChI is InChI=1S/C8H5BrN2O6/c9-4-1-5(11(15)16)8(10-3-4)17-7(14)2-6(12)13/h1,3H,2H2,(H,12,13). The maximum Gasteiger partial charge on any atom is 0.332 e. The maximum absolute atomic E-state index is 11.0. The summed E-state index contributed by atoms with van der Waals surface area (Å²) in [4.78, 5) is 34.6. The molecule has 1 aromatic rings. The lowest BCUT2D eigenvalue weighted by Crippen LogP contribution is -2.14. The van der Waals surface area contributed by atoms with Gasteiger partial charge in [0.15, 0.2) is 0 Å². The third kappa shape index (κ3) is 3.79. The molecule has 0 fully saturated rings. The fourth-order valence-corrected chi connectivity index (χ4v) is 1.21. The third-order valence-corrected chi connectivity index (χ3v) is 1.94. The Morgan fingerprint density at radius 2 is 2.24 bits per heavy atom. The van der Waals surface area contributed by atoms with Crippen LogP contribution in [-0.4, -0.2) is 27.0 Å². The number of esters is 1. The Balaban J connectivity index is 2.94. The molecule has 8 nitrogen and oxygen atoms in total. The highest BCUT2D eigenvalue weighted by molar-refractivity contribution is 9.10. The number of ether oxygens (including phenoxy) is 1. The Labute approximate surface area is 102 Å². The highest BCUT2D eigenvalue weighted by Gasteiger charge is 2.21. The van der Waals surface area contributed by atoms with Crippen molar-refractivity contribution in [3.8, 4) is 5.88 Å².